The van der Waals surface area contributed by atoms with Crippen molar-refractivity contribution in [2.45, 2.75) is 241 Å². The van der Waals surface area contributed by atoms with Gasteiger partial charge in [0.05, 0.1) is 111 Å². The number of aromatic nitrogens is 9. The van der Waals surface area contributed by atoms with Crippen LogP contribution in [-0.4, -0.2) is 337 Å². The smallest absolute Gasteiger partial charge is 0.243 e. The number of hydrazine groups is 1. The van der Waals surface area contributed by atoms with Gasteiger partial charge >= 0.3 is 0 Å². The van der Waals surface area contributed by atoms with Crippen molar-refractivity contribution in [2.24, 2.45) is 5.84 Å². The number of nitrogens with two attached hydrogens (primary N) is 1. The largest absolute Gasteiger partial charge is 0.394 e. The number of hydrogen-bond donors (Lipinski definition) is 23. The molecular formula is C66H107N23O28. The summed E-state index contributed by atoms with van der Waals surface area (Å²) in [6.07, 6.45) is -13.3. The van der Waals surface area contributed by atoms with Crippen LogP contribution in [0.5, 0.6) is 0 Å². The first-order chi connectivity index (χ1) is 55.8. The van der Waals surface area contributed by atoms with E-state index in [0.29, 0.717) is 19.3 Å². The highest BCUT2D eigenvalue weighted by atomic mass is 16.7. The summed E-state index contributed by atoms with van der Waals surface area (Å²) in [5.41, 5.74) is 2.77. The van der Waals surface area contributed by atoms with Gasteiger partial charge in [0.15, 0.2) is 18.9 Å². The van der Waals surface area contributed by atoms with Crippen LogP contribution in [0.25, 0.3) is 0 Å². The van der Waals surface area contributed by atoms with Crippen LogP contribution in [0.4, 0.5) is 0 Å². The van der Waals surface area contributed by atoms with E-state index >= 15 is 0 Å². The van der Waals surface area contributed by atoms with Crippen LogP contribution in [0.2, 0.25) is 0 Å². The Bertz CT molecular complexity index is 3740. The Morgan fingerprint density at radius 3 is 1.04 bits per heavy atom. The van der Waals surface area contributed by atoms with Crippen LogP contribution in [0.15, 0.2) is 18.6 Å². The van der Waals surface area contributed by atoms with E-state index in [0.717, 1.165) is 6.92 Å². The van der Waals surface area contributed by atoms with Crippen LogP contribution in [-0.2, 0) is 130 Å². The number of ether oxygens (including phenoxy) is 6. The minimum atomic E-state index is -1.64. The number of carbonyl (C=O) groups is 13. The number of aliphatic hydroxyl groups is 9. The highest BCUT2D eigenvalue weighted by Gasteiger charge is 2.48. The summed E-state index contributed by atoms with van der Waals surface area (Å²) >= 11 is 0. The van der Waals surface area contributed by atoms with E-state index in [4.69, 9.17) is 34.3 Å². The number of carbonyl (C=O) groups excluding carboxylic acids is 13. The maximum absolute atomic E-state index is 14.1. The van der Waals surface area contributed by atoms with Crippen LogP contribution in [0, 0.1) is 0 Å². The fourth-order valence-corrected chi connectivity index (χ4v) is 12.0. The second-order valence-corrected chi connectivity index (χ2v) is 27.4. The zero-order chi connectivity index (χ0) is 85.8. The molecule has 0 spiro atoms. The van der Waals surface area contributed by atoms with Crippen molar-refractivity contribution in [1.82, 2.24) is 114 Å². The number of nitrogens with zero attached hydrogens (tertiary/aromatic N) is 9. The summed E-state index contributed by atoms with van der Waals surface area (Å²) in [5.74, 6) is -4.27. The van der Waals surface area contributed by atoms with E-state index < -0.39 is 233 Å². The summed E-state index contributed by atoms with van der Waals surface area (Å²) in [7, 11) is 0. The molecule has 0 aliphatic carbocycles. The lowest BCUT2D eigenvalue weighted by Crippen LogP contribution is -2.64. The van der Waals surface area contributed by atoms with Crippen molar-refractivity contribution in [1.29, 1.82) is 0 Å². The van der Waals surface area contributed by atoms with E-state index in [2.05, 4.69) is 94.7 Å². The fraction of sp³-hybridized carbons (Fsp3) is 0.712. The first-order valence-electron chi connectivity index (χ1n) is 37.5. The Morgan fingerprint density at radius 2 is 0.735 bits per heavy atom. The van der Waals surface area contributed by atoms with Gasteiger partial charge in [0.2, 0.25) is 76.8 Å². The Hall–Kier alpha value is -10.1. The first kappa shape index (κ1) is 95.7. The standard InChI is InChI=1S/C66H107N23O28/c1-33(93)74-40(9-12-46(97)69-22-37-27-87(84-81-37)16-19-112-64-52(75-34(2)94)58(106)55(103)43(30-90)115-64)62(110)72-25-51(102)79-42(11-14-48(99)71-24-39-29-89(86-83-39)18-21-114-66-54(77-36(4)96)60(108)57(105)45(32-92)117-66)63(111)73-26-50(101)78-41(61(109)68-15-7-5-6-8-49(100)80-67)10-13-47(98)70-23-38-28-88(85-82-38)17-20-113-65-53(76-35(3)95)59(107)56(104)44(31-91)116-65/h27-29,40-45,52-60,64-66,90-92,103-108H,5-26,30-32,67H2,1-4H3,(H,68,109)(H,69,97)(H,70,98)(H,71,99)(H,72,110)(H,73,111)(H,74,93)(H,75,94)(H,76,95)(H,77,96)(H,78,101)(H,79,102)(H,80,100)/t40?,41?,42?,43-,44-,45-,52-,53-,54-,55-,56-,57-,58-,59-,60-,64-,65-,66-/m1/s1. The highest BCUT2D eigenvalue weighted by Crippen LogP contribution is 2.25. The molecule has 3 fully saturated rings. The third-order valence-corrected chi connectivity index (χ3v) is 18.1. The van der Waals surface area contributed by atoms with Crippen LogP contribution in [0.3, 0.4) is 0 Å². The highest BCUT2D eigenvalue weighted by molar-refractivity contribution is 5.95. The predicted molar refractivity (Wildman–Crippen MR) is 389 cm³/mol. The minimum Gasteiger partial charge on any atom is -0.394 e. The van der Waals surface area contributed by atoms with E-state index in [1.165, 1.54) is 53.4 Å². The molecule has 654 valence electrons. The Balaban J connectivity index is 1.05. The van der Waals surface area contributed by atoms with Crippen LogP contribution in [0.1, 0.15) is 109 Å². The summed E-state index contributed by atoms with van der Waals surface area (Å²) in [6, 6.07) is -8.04. The number of amides is 13. The first-order valence-corrected chi connectivity index (χ1v) is 37.5. The summed E-state index contributed by atoms with van der Waals surface area (Å²) in [6.45, 7) is 0.117. The molecular weight excluding hydrogens is 1560 g/mol. The molecule has 18 atom stereocenters. The normalized spacial score (nSPS) is 23.7. The second kappa shape index (κ2) is 49.2. The lowest BCUT2D eigenvalue weighted by molar-refractivity contribution is -0.270. The van der Waals surface area contributed by atoms with Crippen molar-refractivity contribution >= 4 is 76.8 Å². The van der Waals surface area contributed by atoms with E-state index in [1.54, 1.807) is 0 Å². The van der Waals surface area contributed by atoms with Crippen LogP contribution >= 0.6 is 0 Å². The average molecular weight is 1670 g/mol. The number of aliphatic hydroxyl groups excluding tert-OH is 9. The molecule has 0 radical (unpaired) electrons. The third kappa shape index (κ3) is 32.4. The molecule has 3 unspecified atom stereocenters. The minimum absolute atomic E-state index is 0.00524. The zero-order valence-corrected chi connectivity index (χ0v) is 64.7. The lowest BCUT2D eigenvalue weighted by Gasteiger charge is -2.42. The molecule has 0 bridgehead atoms. The SMILES string of the molecule is CC(=O)NC(CCC(=O)NCc1cn(CCO[C@@H]2O[C@H](CO)[C@@H](O)[C@H](O)[C@H]2NC(C)=O)nn1)C(=O)NCC(=O)NC(CCC(=O)NCc1cn(CCO[C@@H]2O[C@H](CO)[C@@H](O)[C@H](O)[C@H]2NC(C)=O)nn1)C(=O)NCC(=O)NC(CCC(=O)NCc1cn(CCO[C@@H]2O[C@H](CO)[C@@H](O)[C@H](O)[C@H]2NC(C)=O)nn1)C(=O)NCCCCCC(=O)NN. The molecule has 3 aliphatic rings. The molecule has 6 heterocycles. The summed E-state index contributed by atoms with van der Waals surface area (Å²) in [5, 5.41) is 145. The van der Waals surface area contributed by atoms with Gasteiger partial charge in [-0.25, -0.2) is 19.9 Å². The molecule has 13 amide bonds. The van der Waals surface area contributed by atoms with Gasteiger partial charge in [0.25, 0.3) is 0 Å². The average Bonchev–Trinajstić information content (AvgIpc) is 1.28. The van der Waals surface area contributed by atoms with Crippen molar-refractivity contribution in [2.75, 3.05) is 59.3 Å². The van der Waals surface area contributed by atoms with E-state index in [-0.39, 0.29) is 115 Å². The van der Waals surface area contributed by atoms with Crippen molar-refractivity contribution in [3.05, 3.63) is 35.7 Å². The quantitative estimate of drug-likeness (QED) is 0.0108. The van der Waals surface area contributed by atoms with Gasteiger partial charge in [-0.15, -0.1) is 15.3 Å². The number of hydrogen-bond acceptors (Lipinski definition) is 35. The Morgan fingerprint density at radius 1 is 0.410 bits per heavy atom. The molecule has 6 rings (SSSR count). The van der Waals surface area contributed by atoms with E-state index in [1.807, 2.05) is 5.43 Å². The van der Waals surface area contributed by atoms with E-state index in [9.17, 15) is 108 Å². The van der Waals surface area contributed by atoms with Crippen molar-refractivity contribution in [3.8, 4) is 0 Å². The molecule has 3 aromatic heterocycles. The predicted octanol–water partition coefficient (Wildman–Crippen LogP) is -13.7. The third-order valence-electron chi connectivity index (χ3n) is 18.1. The van der Waals surface area contributed by atoms with Gasteiger partial charge in [-0.05, 0) is 32.1 Å². The maximum Gasteiger partial charge on any atom is 0.243 e. The van der Waals surface area contributed by atoms with Gasteiger partial charge in [-0.1, -0.05) is 22.1 Å². The molecule has 0 aromatic carbocycles. The van der Waals surface area contributed by atoms with Gasteiger partial charge in [0, 0.05) is 59.9 Å². The summed E-state index contributed by atoms with van der Waals surface area (Å²) in [4.78, 5) is 168. The van der Waals surface area contributed by atoms with Gasteiger partial charge < -0.3 is 138 Å². The van der Waals surface area contributed by atoms with Gasteiger partial charge in [-0.3, -0.25) is 67.8 Å². The molecule has 51 nitrogen and oxygen atoms in total. The van der Waals surface area contributed by atoms with Crippen molar-refractivity contribution < 1.29 is 137 Å². The molecule has 117 heavy (non-hydrogen) atoms. The number of rotatable bonds is 49. The summed E-state index contributed by atoms with van der Waals surface area (Å²) < 4.78 is 37.9. The van der Waals surface area contributed by atoms with Crippen LogP contribution < -0.4 is 75.1 Å². The fourth-order valence-electron chi connectivity index (χ4n) is 12.0. The molecule has 3 aromatic rings. The Kier molecular flexibility index (Phi) is 40.3. The molecule has 0 saturated carbocycles. The monoisotopic (exact) mass is 1670 g/mol. The molecule has 3 aliphatic heterocycles. The maximum atomic E-state index is 14.1. The lowest BCUT2D eigenvalue weighted by atomic mass is 9.97. The number of nitrogens with one attached hydrogen (secondary N) is 13. The molecule has 3 saturated heterocycles. The van der Waals surface area contributed by atoms with Gasteiger partial charge in [-0.2, -0.15) is 0 Å². The number of unbranched alkanes of at least 4 members (excludes halogenated alkanes) is 2. The zero-order valence-electron chi connectivity index (χ0n) is 64.7. The second-order valence-electron chi connectivity index (χ2n) is 27.4. The topological polar surface area (TPSA) is 734 Å². The molecule has 24 N–H and O–H groups in total. The molecule has 51 heteroatoms. The van der Waals surface area contributed by atoms with Gasteiger partial charge in [0.1, 0.15) is 108 Å². The Labute approximate surface area is 667 Å². The van der Waals surface area contributed by atoms with Crippen molar-refractivity contribution in [3.63, 3.8) is 0 Å².